The molecule has 3 rings (SSSR count). The zero-order chi connectivity index (χ0) is 14.4. The molecule has 2 heterocycles. The SMILES string of the molecule is Cn1c(=O)c2[nH]c(-c3ccccc3F)cc2n(C)c1=O. The van der Waals surface area contributed by atoms with Gasteiger partial charge in [0.2, 0.25) is 0 Å². The van der Waals surface area contributed by atoms with Crippen LogP contribution in [0.25, 0.3) is 22.3 Å². The van der Waals surface area contributed by atoms with Crippen molar-refractivity contribution in [1.82, 2.24) is 14.1 Å². The quantitative estimate of drug-likeness (QED) is 0.728. The molecule has 0 saturated heterocycles. The number of aryl methyl sites for hydroxylation is 1. The van der Waals surface area contributed by atoms with Gasteiger partial charge in [0.25, 0.3) is 5.56 Å². The predicted octanol–water partition coefficient (Wildman–Crippen LogP) is 1.37. The maximum absolute atomic E-state index is 13.8. The average Bonchev–Trinajstić information content (AvgIpc) is 2.88. The first-order valence-corrected chi connectivity index (χ1v) is 6.04. The van der Waals surface area contributed by atoms with E-state index in [-0.39, 0.29) is 11.3 Å². The molecule has 0 bridgehead atoms. The summed E-state index contributed by atoms with van der Waals surface area (Å²) in [5.74, 6) is -0.388. The largest absolute Gasteiger partial charge is 0.349 e. The summed E-state index contributed by atoms with van der Waals surface area (Å²) in [4.78, 5) is 26.8. The Morgan fingerprint density at radius 1 is 1.10 bits per heavy atom. The van der Waals surface area contributed by atoms with E-state index < -0.39 is 11.2 Å². The van der Waals surface area contributed by atoms with Crippen molar-refractivity contribution >= 4 is 11.0 Å². The van der Waals surface area contributed by atoms with Crippen molar-refractivity contribution in [3.8, 4) is 11.3 Å². The molecule has 0 atom stereocenters. The summed E-state index contributed by atoms with van der Waals surface area (Å²) in [5.41, 5.74) is 0.728. The molecule has 0 unspecified atom stereocenters. The summed E-state index contributed by atoms with van der Waals surface area (Å²) < 4.78 is 16.2. The van der Waals surface area contributed by atoms with Crippen LogP contribution in [0.5, 0.6) is 0 Å². The van der Waals surface area contributed by atoms with Gasteiger partial charge in [0, 0.05) is 19.7 Å². The van der Waals surface area contributed by atoms with Gasteiger partial charge in [-0.25, -0.2) is 9.18 Å². The van der Waals surface area contributed by atoms with Gasteiger partial charge in [-0.15, -0.1) is 0 Å². The lowest BCUT2D eigenvalue weighted by molar-refractivity contribution is 0.631. The predicted molar refractivity (Wildman–Crippen MR) is 74.2 cm³/mol. The first-order chi connectivity index (χ1) is 9.50. The molecule has 0 aliphatic rings. The molecular formula is C14H12FN3O2. The number of aromatic amines is 1. The fourth-order valence-corrected chi connectivity index (χ4v) is 2.28. The zero-order valence-corrected chi connectivity index (χ0v) is 11.0. The van der Waals surface area contributed by atoms with Gasteiger partial charge in [-0.1, -0.05) is 12.1 Å². The molecule has 0 aliphatic heterocycles. The van der Waals surface area contributed by atoms with Gasteiger partial charge >= 0.3 is 5.69 Å². The van der Waals surface area contributed by atoms with Gasteiger partial charge in [-0.05, 0) is 18.2 Å². The van der Waals surface area contributed by atoms with Crippen molar-refractivity contribution in [1.29, 1.82) is 0 Å². The van der Waals surface area contributed by atoms with E-state index in [0.29, 0.717) is 16.8 Å². The number of hydrogen-bond donors (Lipinski definition) is 1. The third kappa shape index (κ3) is 1.61. The highest BCUT2D eigenvalue weighted by molar-refractivity contribution is 5.82. The second-order valence-electron chi connectivity index (χ2n) is 4.63. The smallest absolute Gasteiger partial charge is 0.331 e. The highest BCUT2D eigenvalue weighted by atomic mass is 19.1. The van der Waals surface area contributed by atoms with E-state index in [1.807, 2.05) is 0 Å². The van der Waals surface area contributed by atoms with Crippen LogP contribution in [0, 0.1) is 5.82 Å². The van der Waals surface area contributed by atoms with Crippen LogP contribution in [0.15, 0.2) is 39.9 Å². The minimum absolute atomic E-state index is 0.285. The fourth-order valence-electron chi connectivity index (χ4n) is 2.28. The van der Waals surface area contributed by atoms with Crippen LogP contribution in [-0.2, 0) is 14.1 Å². The summed E-state index contributed by atoms with van der Waals surface area (Å²) in [6, 6.07) is 7.87. The number of benzene rings is 1. The molecule has 0 saturated carbocycles. The van der Waals surface area contributed by atoms with Crippen LogP contribution in [0.2, 0.25) is 0 Å². The summed E-state index contributed by atoms with van der Waals surface area (Å²) in [5, 5.41) is 0. The molecule has 3 aromatic rings. The number of nitrogens with zero attached hydrogens (tertiary/aromatic N) is 2. The Morgan fingerprint density at radius 3 is 2.50 bits per heavy atom. The lowest BCUT2D eigenvalue weighted by Crippen LogP contribution is -2.36. The van der Waals surface area contributed by atoms with E-state index in [4.69, 9.17) is 0 Å². The van der Waals surface area contributed by atoms with Gasteiger partial charge in [-0.3, -0.25) is 13.9 Å². The Bertz CT molecular complexity index is 934. The molecule has 0 radical (unpaired) electrons. The maximum atomic E-state index is 13.8. The number of H-pyrrole nitrogens is 1. The molecule has 0 amide bonds. The van der Waals surface area contributed by atoms with Crippen LogP contribution in [0.3, 0.4) is 0 Å². The molecule has 2 aromatic heterocycles. The number of nitrogens with one attached hydrogen (secondary N) is 1. The van der Waals surface area contributed by atoms with Gasteiger partial charge in [0.15, 0.2) is 0 Å². The minimum atomic E-state index is -0.425. The topological polar surface area (TPSA) is 59.8 Å². The van der Waals surface area contributed by atoms with Crippen molar-refractivity contribution in [3.63, 3.8) is 0 Å². The Kier molecular flexibility index (Phi) is 2.60. The van der Waals surface area contributed by atoms with Crippen molar-refractivity contribution in [2.75, 3.05) is 0 Å². The first kappa shape index (κ1) is 12.4. The van der Waals surface area contributed by atoms with E-state index in [9.17, 15) is 14.0 Å². The van der Waals surface area contributed by atoms with Crippen molar-refractivity contribution < 1.29 is 4.39 Å². The van der Waals surface area contributed by atoms with Crippen molar-refractivity contribution in [3.05, 3.63) is 57.0 Å². The molecule has 1 N–H and O–H groups in total. The van der Waals surface area contributed by atoms with E-state index in [2.05, 4.69) is 4.98 Å². The number of fused-ring (bicyclic) bond motifs is 1. The molecule has 0 aliphatic carbocycles. The van der Waals surface area contributed by atoms with Gasteiger partial charge in [0.05, 0.1) is 11.2 Å². The molecule has 20 heavy (non-hydrogen) atoms. The Hall–Kier alpha value is -2.63. The average molecular weight is 273 g/mol. The molecule has 5 nitrogen and oxygen atoms in total. The fraction of sp³-hybridized carbons (Fsp3) is 0.143. The molecule has 6 heteroatoms. The lowest BCUT2D eigenvalue weighted by atomic mass is 10.1. The Morgan fingerprint density at radius 2 is 1.80 bits per heavy atom. The van der Waals surface area contributed by atoms with Crippen LogP contribution in [0.1, 0.15) is 0 Å². The zero-order valence-electron chi connectivity index (χ0n) is 11.0. The molecule has 102 valence electrons. The summed E-state index contributed by atoms with van der Waals surface area (Å²) in [7, 11) is 2.98. The van der Waals surface area contributed by atoms with Gasteiger partial charge < -0.3 is 4.98 Å². The second kappa shape index (κ2) is 4.19. The number of halogens is 1. The van der Waals surface area contributed by atoms with Crippen molar-refractivity contribution in [2.45, 2.75) is 0 Å². The van der Waals surface area contributed by atoms with E-state index in [1.165, 1.54) is 17.7 Å². The summed E-state index contributed by atoms with van der Waals surface area (Å²) >= 11 is 0. The highest BCUT2D eigenvalue weighted by Crippen LogP contribution is 2.23. The maximum Gasteiger partial charge on any atom is 0.331 e. The Labute approximate surface area is 112 Å². The highest BCUT2D eigenvalue weighted by Gasteiger charge is 2.14. The Balaban J connectivity index is 2.41. The molecule has 0 fully saturated rings. The third-order valence-electron chi connectivity index (χ3n) is 3.41. The van der Waals surface area contributed by atoms with Crippen molar-refractivity contribution in [2.24, 2.45) is 14.1 Å². The number of hydrogen-bond acceptors (Lipinski definition) is 2. The van der Waals surface area contributed by atoms with E-state index in [1.54, 1.807) is 31.3 Å². The van der Waals surface area contributed by atoms with E-state index in [0.717, 1.165) is 4.57 Å². The van der Waals surface area contributed by atoms with Crippen LogP contribution in [-0.4, -0.2) is 14.1 Å². The molecular weight excluding hydrogens is 261 g/mol. The number of aromatic nitrogens is 3. The number of rotatable bonds is 1. The van der Waals surface area contributed by atoms with E-state index >= 15 is 0 Å². The van der Waals surface area contributed by atoms with Gasteiger partial charge in [-0.2, -0.15) is 0 Å². The van der Waals surface area contributed by atoms with Crippen LogP contribution < -0.4 is 11.2 Å². The third-order valence-corrected chi connectivity index (χ3v) is 3.41. The first-order valence-electron chi connectivity index (χ1n) is 6.04. The molecule has 0 spiro atoms. The van der Waals surface area contributed by atoms with Crippen LogP contribution >= 0.6 is 0 Å². The summed E-state index contributed by atoms with van der Waals surface area (Å²) in [6.07, 6.45) is 0. The van der Waals surface area contributed by atoms with Gasteiger partial charge in [0.1, 0.15) is 11.3 Å². The second-order valence-corrected chi connectivity index (χ2v) is 4.63. The molecule has 1 aromatic carbocycles. The normalized spacial score (nSPS) is 11.2. The lowest BCUT2D eigenvalue weighted by Gasteiger charge is -2.02. The summed E-state index contributed by atoms with van der Waals surface area (Å²) in [6.45, 7) is 0. The van der Waals surface area contributed by atoms with Crippen LogP contribution in [0.4, 0.5) is 4.39 Å². The minimum Gasteiger partial charge on any atom is -0.349 e. The monoisotopic (exact) mass is 273 g/mol. The standard InChI is InChI=1S/C14H12FN3O2/c1-17-11-7-10(8-5-3-4-6-9(8)15)16-12(11)13(19)18(2)14(17)20/h3-7,16H,1-2H3.